The molecular weight excluding hydrogens is 326 g/mol. The molecule has 132 valence electrons. The van der Waals surface area contributed by atoms with Gasteiger partial charge in [0.2, 0.25) is 11.8 Å². The Morgan fingerprint density at radius 2 is 2.04 bits per heavy atom. The van der Waals surface area contributed by atoms with E-state index in [0.29, 0.717) is 22.8 Å². The van der Waals surface area contributed by atoms with Crippen LogP contribution in [0.2, 0.25) is 0 Å². The zero-order valence-corrected chi connectivity index (χ0v) is 14.2. The fourth-order valence-corrected chi connectivity index (χ4v) is 2.19. The van der Waals surface area contributed by atoms with Gasteiger partial charge >= 0.3 is 5.97 Å². The van der Waals surface area contributed by atoms with E-state index in [2.05, 4.69) is 15.2 Å². The maximum atomic E-state index is 12.1. The van der Waals surface area contributed by atoms with Crippen LogP contribution in [0.5, 0.6) is 0 Å². The summed E-state index contributed by atoms with van der Waals surface area (Å²) >= 11 is 0. The van der Waals surface area contributed by atoms with Gasteiger partial charge in [-0.2, -0.15) is 0 Å². The Labute approximate surface area is 144 Å². The van der Waals surface area contributed by atoms with Crippen molar-refractivity contribution in [2.75, 3.05) is 23.9 Å². The van der Waals surface area contributed by atoms with E-state index in [0.717, 1.165) is 0 Å². The average Bonchev–Trinajstić information content (AvgIpc) is 3.00. The molecule has 0 saturated carbocycles. The molecule has 0 atom stereocenters. The van der Waals surface area contributed by atoms with Gasteiger partial charge in [-0.25, -0.2) is 4.79 Å². The number of methoxy groups -OCH3 is 1. The molecule has 0 aliphatic carbocycles. The number of carbonyl (C=O) groups is 3. The van der Waals surface area contributed by atoms with Crippen LogP contribution < -0.4 is 10.2 Å². The first kappa shape index (κ1) is 18.2. The highest BCUT2D eigenvalue weighted by Gasteiger charge is 2.17. The monoisotopic (exact) mass is 345 g/mol. The zero-order valence-electron chi connectivity index (χ0n) is 14.2. The molecule has 0 saturated heterocycles. The van der Waals surface area contributed by atoms with Crippen LogP contribution in [0.4, 0.5) is 11.5 Å². The summed E-state index contributed by atoms with van der Waals surface area (Å²) in [6.07, 6.45) is 0.0634. The van der Waals surface area contributed by atoms with Crippen molar-refractivity contribution in [2.45, 2.75) is 20.3 Å². The molecule has 2 amide bonds. The number of ether oxygens (including phenoxy) is 1. The number of nitrogens with zero attached hydrogens (tertiary/aromatic N) is 2. The van der Waals surface area contributed by atoms with E-state index in [1.165, 1.54) is 25.0 Å². The summed E-state index contributed by atoms with van der Waals surface area (Å²) in [7, 11) is 1.29. The summed E-state index contributed by atoms with van der Waals surface area (Å²) in [6.45, 7) is 3.27. The molecule has 0 spiro atoms. The summed E-state index contributed by atoms with van der Waals surface area (Å²) in [4.78, 5) is 36.7. The number of anilines is 2. The van der Waals surface area contributed by atoms with E-state index >= 15 is 0 Å². The molecule has 0 unspecified atom stereocenters. The second-order valence-corrected chi connectivity index (χ2v) is 5.34. The molecule has 8 nitrogen and oxygen atoms in total. The van der Waals surface area contributed by atoms with E-state index in [1.807, 2.05) is 0 Å². The number of esters is 1. The van der Waals surface area contributed by atoms with Crippen molar-refractivity contribution in [1.82, 2.24) is 5.16 Å². The maximum absolute atomic E-state index is 12.1. The third-order valence-electron chi connectivity index (χ3n) is 3.40. The Hall–Kier alpha value is -3.16. The smallest absolute Gasteiger partial charge is 0.337 e. The van der Waals surface area contributed by atoms with Gasteiger partial charge in [0.15, 0.2) is 5.82 Å². The van der Waals surface area contributed by atoms with E-state index in [1.54, 1.807) is 31.2 Å². The highest BCUT2D eigenvalue weighted by atomic mass is 16.5. The van der Waals surface area contributed by atoms with Gasteiger partial charge in [0.25, 0.3) is 0 Å². The van der Waals surface area contributed by atoms with Gasteiger partial charge < -0.3 is 14.6 Å². The summed E-state index contributed by atoms with van der Waals surface area (Å²) in [5.74, 6) is -0.0849. The summed E-state index contributed by atoms with van der Waals surface area (Å²) in [5.41, 5.74) is 0.809. The number of nitrogens with one attached hydrogen (secondary N) is 1. The number of benzene rings is 1. The molecule has 8 heteroatoms. The third-order valence-corrected chi connectivity index (χ3v) is 3.40. The van der Waals surface area contributed by atoms with Crippen molar-refractivity contribution in [3.8, 4) is 0 Å². The van der Waals surface area contributed by atoms with Gasteiger partial charge in [-0.15, -0.1) is 0 Å². The fourth-order valence-electron chi connectivity index (χ4n) is 2.19. The van der Waals surface area contributed by atoms with Gasteiger partial charge in [-0.05, 0) is 25.1 Å². The van der Waals surface area contributed by atoms with Crippen molar-refractivity contribution < 1.29 is 23.6 Å². The summed E-state index contributed by atoms with van der Waals surface area (Å²) in [6, 6.07) is 8.04. The van der Waals surface area contributed by atoms with Crippen LogP contribution in [0.3, 0.4) is 0 Å². The molecule has 1 aromatic heterocycles. The molecule has 2 aromatic rings. The highest BCUT2D eigenvalue weighted by molar-refractivity contribution is 5.96. The molecule has 2 rings (SSSR count). The lowest BCUT2D eigenvalue weighted by molar-refractivity contribution is -0.117. The van der Waals surface area contributed by atoms with Crippen molar-refractivity contribution in [2.24, 2.45) is 0 Å². The Morgan fingerprint density at radius 3 is 2.64 bits per heavy atom. The SMILES string of the molecule is COC(=O)c1cccc(NC(=O)CCN(C(C)=O)c2cc(C)on2)c1. The van der Waals surface area contributed by atoms with Crippen LogP contribution in [-0.2, 0) is 14.3 Å². The van der Waals surface area contributed by atoms with Crippen LogP contribution in [0.1, 0.15) is 29.5 Å². The van der Waals surface area contributed by atoms with Crippen LogP contribution in [0.15, 0.2) is 34.9 Å². The number of rotatable bonds is 6. The molecule has 1 aromatic carbocycles. The predicted octanol–water partition coefficient (Wildman–Crippen LogP) is 2.15. The fraction of sp³-hybridized carbons (Fsp3) is 0.294. The minimum absolute atomic E-state index is 0.0634. The normalized spacial score (nSPS) is 10.2. The molecule has 0 fully saturated rings. The third kappa shape index (κ3) is 4.90. The zero-order chi connectivity index (χ0) is 18.4. The molecule has 1 N–H and O–H groups in total. The molecular formula is C17H19N3O5. The van der Waals surface area contributed by atoms with Gasteiger partial charge in [-0.3, -0.25) is 14.5 Å². The first-order valence-corrected chi connectivity index (χ1v) is 7.60. The van der Waals surface area contributed by atoms with Gasteiger partial charge in [0.05, 0.1) is 12.7 Å². The van der Waals surface area contributed by atoms with Crippen LogP contribution in [0.25, 0.3) is 0 Å². The average molecular weight is 345 g/mol. The van der Waals surface area contributed by atoms with Gasteiger partial charge in [0.1, 0.15) is 5.76 Å². The van der Waals surface area contributed by atoms with E-state index in [9.17, 15) is 14.4 Å². The number of aryl methyl sites for hydroxylation is 1. The highest BCUT2D eigenvalue weighted by Crippen LogP contribution is 2.15. The lowest BCUT2D eigenvalue weighted by Crippen LogP contribution is -2.32. The van der Waals surface area contributed by atoms with Gasteiger partial charge in [-0.1, -0.05) is 11.2 Å². The lowest BCUT2D eigenvalue weighted by atomic mass is 10.2. The topological polar surface area (TPSA) is 102 Å². The Balaban J connectivity index is 1.97. The molecule has 0 radical (unpaired) electrons. The number of hydrogen-bond acceptors (Lipinski definition) is 6. The van der Waals surface area contributed by atoms with Crippen LogP contribution in [-0.4, -0.2) is 36.6 Å². The standard InChI is InChI=1S/C17H19N3O5/c1-11-9-15(19-25-11)20(12(2)21)8-7-16(22)18-14-6-4-5-13(10-14)17(23)24-3/h4-6,9-10H,7-8H2,1-3H3,(H,18,22). The number of hydrogen-bond donors (Lipinski definition) is 1. The molecule has 25 heavy (non-hydrogen) atoms. The summed E-state index contributed by atoms with van der Waals surface area (Å²) in [5, 5.41) is 6.47. The molecule has 0 aliphatic rings. The Bertz CT molecular complexity index is 784. The number of carbonyl (C=O) groups excluding carboxylic acids is 3. The van der Waals surface area contributed by atoms with E-state index < -0.39 is 5.97 Å². The number of amides is 2. The molecule has 0 aliphatic heterocycles. The molecule has 1 heterocycles. The predicted molar refractivity (Wildman–Crippen MR) is 90.3 cm³/mol. The van der Waals surface area contributed by atoms with Crippen molar-refractivity contribution >= 4 is 29.3 Å². The van der Waals surface area contributed by atoms with E-state index in [-0.39, 0.29) is 24.8 Å². The van der Waals surface area contributed by atoms with Crippen molar-refractivity contribution in [3.63, 3.8) is 0 Å². The second-order valence-electron chi connectivity index (χ2n) is 5.34. The van der Waals surface area contributed by atoms with Crippen molar-refractivity contribution in [3.05, 3.63) is 41.7 Å². The first-order chi connectivity index (χ1) is 11.9. The van der Waals surface area contributed by atoms with Crippen LogP contribution >= 0.6 is 0 Å². The van der Waals surface area contributed by atoms with Crippen LogP contribution in [0, 0.1) is 6.92 Å². The van der Waals surface area contributed by atoms with Crippen molar-refractivity contribution in [1.29, 1.82) is 0 Å². The lowest BCUT2D eigenvalue weighted by Gasteiger charge is -2.17. The maximum Gasteiger partial charge on any atom is 0.337 e. The minimum Gasteiger partial charge on any atom is -0.465 e. The second kappa shape index (κ2) is 8.09. The largest absolute Gasteiger partial charge is 0.465 e. The van der Waals surface area contributed by atoms with Gasteiger partial charge in [0, 0.05) is 31.6 Å². The Kier molecular flexibility index (Phi) is 5.89. The number of aromatic nitrogens is 1. The quantitative estimate of drug-likeness (QED) is 0.805. The molecule has 0 bridgehead atoms. The first-order valence-electron chi connectivity index (χ1n) is 7.60. The Morgan fingerprint density at radius 1 is 1.28 bits per heavy atom. The minimum atomic E-state index is -0.486. The summed E-state index contributed by atoms with van der Waals surface area (Å²) < 4.78 is 9.60. The van der Waals surface area contributed by atoms with E-state index in [4.69, 9.17) is 4.52 Å².